The molecule has 0 atom stereocenters. The number of halogens is 1. The lowest BCUT2D eigenvalue weighted by Crippen LogP contribution is -2.21. The van der Waals surface area contributed by atoms with Crippen molar-refractivity contribution in [2.24, 2.45) is 5.10 Å². The fraction of sp³-hybridized carbons (Fsp3) is 0.276. The van der Waals surface area contributed by atoms with E-state index >= 15 is 0 Å². The number of nitrogens with zero attached hydrogens (tertiary/aromatic N) is 1. The Morgan fingerprint density at radius 3 is 2.43 bits per heavy atom. The van der Waals surface area contributed by atoms with Crippen molar-refractivity contribution < 1.29 is 19.1 Å². The van der Waals surface area contributed by atoms with E-state index in [0.29, 0.717) is 34.7 Å². The second-order valence-electron chi connectivity index (χ2n) is 8.63. The maximum atomic E-state index is 12.2. The first-order valence-electron chi connectivity index (χ1n) is 12.1. The standard InChI is InChI=1S/C29H32BrN3O4/c1-5-36-26-16-23(15-24(30)29(26)37-18-22-11-9-19(2)10-12-22)17-31-33-28(35)14-13-27(34)32-25-8-6-7-20(3)21(25)4/h6-12,15-17H,5,13-14,18H2,1-4H3,(H,32,34)(H,33,35). The Kier molecular flexibility index (Phi) is 10.3. The number of amides is 2. The molecule has 0 unspecified atom stereocenters. The predicted octanol–water partition coefficient (Wildman–Crippen LogP) is 6.22. The van der Waals surface area contributed by atoms with Gasteiger partial charge >= 0.3 is 0 Å². The van der Waals surface area contributed by atoms with Gasteiger partial charge in [0.1, 0.15) is 6.61 Å². The number of hydrogen-bond acceptors (Lipinski definition) is 5. The number of hydrazone groups is 1. The molecule has 194 valence electrons. The molecule has 0 aliphatic heterocycles. The lowest BCUT2D eigenvalue weighted by molar-refractivity contribution is -0.124. The highest BCUT2D eigenvalue weighted by Crippen LogP contribution is 2.37. The van der Waals surface area contributed by atoms with E-state index in [0.717, 1.165) is 22.4 Å². The summed E-state index contributed by atoms with van der Waals surface area (Å²) in [6.45, 7) is 8.74. The van der Waals surface area contributed by atoms with Gasteiger partial charge in [0.2, 0.25) is 11.8 Å². The molecular weight excluding hydrogens is 534 g/mol. The molecule has 0 aliphatic carbocycles. The minimum atomic E-state index is -0.352. The van der Waals surface area contributed by atoms with Gasteiger partial charge in [-0.15, -0.1) is 0 Å². The van der Waals surface area contributed by atoms with Crippen LogP contribution in [0.4, 0.5) is 5.69 Å². The number of nitrogens with one attached hydrogen (secondary N) is 2. The van der Waals surface area contributed by atoms with Crippen LogP contribution >= 0.6 is 15.9 Å². The summed E-state index contributed by atoms with van der Waals surface area (Å²) < 4.78 is 12.5. The normalized spacial score (nSPS) is 10.8. The molecule has 2 amide bonds. The van der Waals surface area contributed by atoms with Crippen LogP contribution in [0.1, 0.15) is 47.6 Å². The zero-order valence-electron chi connectivity index (χ0n) is 21.6. The van der Waals surface area contributed by atoms with Crippen LogP contribution in [0.25, 0.3) is 0 Å². The summed E-state index contributed by atoms with van der Waals surface area (Å²) in [4.78, 5) is 24.4. The highest BCUT2D eigenvalue weighted by atomic mass is 79.9. The van der Waals surface area contributed by atoms with Gasteiger partial charge < -0.3 is 14.8 Å². The molecule has 7 nitrogen and oxygen atoms in total. The van der Waals surface area contributed by atoms with Crippen molar-refractivity contribution in [1.82, 2.24) is 5.43 Å². The van der Waals surface area contributed by atoms with Crippen LogP contribution in [0, 0.1) is 20.8 Å². The summed E-state index contributed by atoms with van der Waals surface area (Å²) in [5.41, 5.74) is 8.28. The molecule has 0 fully saturated rings. The Bertz CT molecular complexity index is 1270. The van der Waals surface area contributed by atoms with Gasteiger partial charge in [-0.05, 0) is 84.1 Å². The zero-order chi connectivity index (χ0) is 26.8. The number of rotatable bonds is 11. The summed E-state index contributed by atoms with van der Waals surface area (Å²) in [7, 11) is 0. The Morgan fingerprint density at radius 1 is 0.973 bits per heavy atom. The van der Waals surface area contributed by atoms with Crippen molar-refractivity contribution in [3.8, 4) is 11.5 Å². The molecule has 3 aromatic carbocycles. The van der Waals surface area contributed by atoms with E-state index in [9.17, 15) is 9.59 Å². The average molecular weight is 566 g/mol. The van der Waals surface area contributed by atoms with E-state index in [2.05, 4.69) is 31.8 Å². The number of anilines is 1. The van der Waals surface area contributed by atoms with Crippen LogP contribution in [0.3, 0.4) is 0 Å². The number of carbonyl (C=O) groups excluding carboxylic acids is 2. The Balaban J connectivity index is 1.55. The topological polar surface area (TPSA) is 89.0 Å². The molecule has 37 heavy (non-hydrogen) atoms. The molecule has 3 rings (SSSR count). The van der Waals surface area contributed by atoms with Gasteiger partial charge in [-0.25, -0.2) is 5.43 Å². The zero-order valence-corrected chi connectivity index (χ0v) is 23.1. The van der Waals surface area contributed by atoms with Gasteiger partial charge in [-0.2, -0.15) is 5.10 Å². The molecular formula is C29H32BrN3O4. The molecule has 0 radical (unpaired) electrons. The number of hydrogen-bond donors (Lipinski definition) is 2. The molecule has 3 aromatic rings. The monoisotopic (exact) mass is 565 g/mol. The Hall–Kier alpha value is -3.65. The minimum absolute atomic E-state index is 0.0215. The highest BCUT2D eigenvalue weighted by molar-refractivity contribution is 9.10. The summed E-state index contributed by atoms with van der Waals surface area (Å²) in [5, 5.41) is 6.88. The molecule has 0 aromatic heterocycles. The first-order valence-corrected chi connectivity index (χ1v) is 12.9. The number of aryl methyl sites for hydroxylation is 2. The Labute approximate surface area is 226 Å². The summed E-state index contributed by atoms with van der Waals surface area (Å²) in [5.74, 6) is 0.590. The fourth-order valence-electron chi connectivity index (χ4n) is 3.47. The second-order valence-corrected chi connectivity index (χ2v) is 9.48. The minimum Gasteiger partial charge on any atom is -0.490 e. The van der Waals surface area contributed by atoms with Gasteiger partial charge in [0.25, 0.3) is 0 Å². The SMILES string of the molecule is CCOc1cc(C=NNC(=O)CCC(=O)Nc2cccc(C)c2C)cc(Br)c1OCc1ccc(C)cc1. The van der Waals surface area contributed by atoms with Crippen LogP contribution in [-0.2, 0) is 16.2 Å². The van der Waals surface area contributed by atoms with Crippen molar-refractivity contribution in [3.05, 3.63) is 86.9 Å². The van der Waals surface area contributed by atoms with Crippen molar-refractivity contribution >= 4 is 39.6 Å². The molecule has 0 bridgehead atoms. The molecule has 0 saturated carbocycles. The van der Waals surface area contributed by atoms with Gasteiger partial charge in [0, 0.05) is 18.5 Å². The van der Waals surface area contributed by atoms with Crippen LogP contribution in [0.15, 0.2) is 64.2 Å². The largest absolute Gasteiger partial charge is 0.490 e. The van der Waals surface area contributed by atoms with E-state index in [4.69, 9.17) is 9.47 Å². The van der Waals surface area contributed by atoms with Crippen molar-refractivity contribution in [2.45, 2.75) is 47.1 Å². The van der Waals surface area contributed by atoms with Crippen LogP contribution in [-0.4, -0.2) is 24.6 Å². The lowest BCUT2D eigenvalue weighted by Gasteiger charge is -2.15. The van der Waals surface area contributed by atoms with E-state index in [1.54, 1.807) is 6.07 Å². The van der Waals surface area contributed by atoms with Gasteiger partial charge in [0.05, 0.1) is 17.3 Å². The second kappa shape index (κ2) is 13.6. The predicted molar refractivity (Wildman–Crippen MR) is 150 cm³/mol. The van der Waals surface area contributed by atoms with Crippen molar-refractivity contribution in [2.75, 3.05) is 11.9 Å². The van der Waals surface area contributed by atoms with E-state index < -0.39 is 0 Å². The summed E-state index contributed by atoms with van der Waals surface area (Å²) in [6.07, 6.45) is 1.60. The molecule has 2 N–H and O–H groups in total. The number of benzene rings is 3. The van der Waals surface area contributed by atoms with Crippen molar-refractivity contribution in [3.63, 3.8) is 0 Å². The lowest BCUT2D eigenvalue weighted by atomic mass is 10.1. The maximum absolute atomic E-state index is 12.2. The third-order valence-corrected chi connectivity index (χ3v) is 6.29. The third kappa shape index (κ3) is 8.46. The van der Waals surface area contributed by atoms with Crippen LogP contribution < -0.4 is 20.2 Å². The molecule has 0 heterocycles. The first-order chi connectivity index (χ1) is 17.8. The van der Waals surface area contributed by atoms with Crippen LogP contribution in [0.5, 0.6) is 11.5 Å². The fourth-order valence-corrected chi connectivity index (χ4v) is 4.04. The molecule has 0 saturated heterocycles. The van der Waals surface area contributed by atoms with E-state index in [1.165, 1.54) is 11.8 Å². The van der Waals surface area contributed by atoms with Crippen molar-refractivity contribution in [1.29, 1.82) is 0 Å². The maximum Gasteiger partial charge on any atom is 0.240 e. The number of ether oxygens (including phenoxy) is 2. The highest BCUT2D eigenvalue weighted by Gasteiger charge is 2.13. The van der Waals surface area contributed by atoms with E-state index in [-0.39, 0.29) is 24.7 Å². The van der Waals surface area contributed by atoms with Gasteiger partial charge in [0.15, 0.2) is 11.5 Å². The van der Waals surface area contributed by atoms with Crippen LogP contribution in [0.2, 0.25) is 0 Å². The smallest absolute Gasteiger partial charge is 0.240 e. The first kappa shape index (κ1) is 27.9. The molecule has 0 aliphatic rings. The molecule has 0 spiro atoms. The Morgan fingerprint density at radius 2 is 1.70 bits per heavy atom. The third-order valence-electron chi connectivity index (χ3n) is 5.70. The van der Waals surface area contributed by atoms with Gasteiger partial charge in [-0.1, -0.05) is 42.0 Å². The average Bonchev–Trinajstić information content (AvgIpc) is 2.86. The van der Waals surface area contributed by atoms with Gasteiger partial charge in [-0.3, -0.25) is 9.59 Å². The number of carbonyl (C=O) groups is 2. The summed E-state index contributed by atoms with van der Waals surface area (Å²) in [6, 6.07) is 17.5. The quantitative estimate of drug-likeness (QED) is 0.213. The summed E-state index contributed by atoms with van der Waals surface area (Å²) >= 11 is 3.55. The van der Waals surface area contributed by atoms with E-state index in [1.807, 2.05) is 76.2 Å². The molecule has 8 heteroatoms.